The summed E-state index contributed by atoms with van der Waals surface area (Å²) in [5.41, 5.74) is 4.62. The zero-order valence-electron chi connectivity index (χ0n) is 3.27. The molecular weight excluding hydrogens is 78.0 g/mol. The molecule has 0 aromatic heterocycles. The number of rotatable bonds is 1. The second-order valence-corrected chi connectivity index (χ2v) is 0.847. The molecule has 0 unspecified atom stereocenters. The number of amides is 1. The van der Waals surface area contributed by atoms with Crippen molar-refractivity contribution in [3.8, 4) is 12.3 Å². The van der Waals surface area contributed by atoms with E-state index in [1.807, 2.05) is 0 Å². The molecule has 2 heteroatoms. The highest BCUT2D eigenvalue weighted by molar-refractivity contribution is 5.76. The van der Waals surface area contributed by atoms with E-state index in [4.69, 9.17) is 0 Å². The molecule has 0 aliphatic heterocycles. The van der Waals surface area contributed by atoms with E-state index in [-0.39, 0.29) is 6.42 Å². The van der Waals surface area contributed by atoms with E-state index in [1.54, 1.807) is 0 Å². The zero-order valence-corrected chi connectivity index (χ0v) is 3.27. The van der Waals surface area contributed by atoms with E-state index >= 15 is 0 Å². The van der Waals surface area contributed by atoms with Crippen LogP contribution in [0.2, 0.25) is 0 Å². The van der Waals surface area contributed by atoms with Crippen molar-refractivity contribution in [2.45, 2.75) is 6.42 Å². The third kappa shape index (κ3) is 3.03. The molecule has 0 aromatic carbocycles. The Morgan fingerprint density at radius 1 is 2.00 bits per heavy atom. The SMILES string of the molecule is C#CCC(N)=O. The van der Waals surface area contributed by atoms with E-state index < -0.39 is 5.91 Å². The Kier molecular flexibility index (Phi) is 1.91. The van der Waals surface area contributed by atoms with Gasteiger partial charge in [0.25, 0.3) is 0 Å². The lowest BCUT2D eigenvalue weighted by Gasteiger charge is -1.73. The predicted molar refractivity (Wildman–Crippen MR) is 22.6 cm³/mol. The molecule has 0 saturated heterocycles. The summed E-state index contributed by atoms with van der Waals surface area (Å²) >= 11 is 0. The Labute approximate surface area is 36.3 Å². The highest BCUT2D eigenvalue weighted by Gasteiger charge is 1.81. The van der Waals surface area contributed by atoms with Crippen LogP contribution in [0, 0.1) is 12.3 Å². The Balaban J connectivity index is 3.13. The minimum atomic E-state index is -0.447. The van der Waals surface area contributed by atoms with Crippen LogP contribution in [0.5, 0.6) is 0 Å². The van der Waals surface area contributed by atoms with Crippen LogP contribution in [0.25, 0.3) is 0 Å². The first-order valence-corrected chi connectivity index (χ1v) is 1.49. The lowest BCUT2D eigenvalue weighted by atomic mass is 10.4. The highest BCUT2D eigenvalue weighted by atomic mass is 16.1. The minimum Gasteiger partial charge on any atom is -0.369 e. The number of carbonyl (C=O) groups excluding carboxylic acids is 1. The van der Waals surface area contributed by atoms with Gasteiger partial charge in [-0.3, -0.25) is 4.79 Å². The van der Waals surface area contributed by atoms with Gasteiger partial charge < -0.3 is 5.73 Å². The van der Waals surface area contributed by atoms with Crippen molar-refractivity contribution < 1.29 is 4.79 Å². The third-order valence-corrected chi connectivity index (χ3v) is 0.276. The first-order valence-electron chi connectivity index (χ1n) is 1.49. The van der Waals surface area contributed by atoms with Gasteiger partial charge in [0.05, 0.1) is 6.42 Å². The Bertz CT molecular complexity index is 90.2. The van der Waals surface area contributed by atoms with E-state index in [2.05, 4.69) is 18.1 Å². The molecule has 0 aliphatic rings. The van der Waals surface area contributed by atoms with Crippen LogP contribution in [0.15, 0.2) is 0 Å². The van der Waals surface area contributed by atoms with Gasteiger partial charge >= 0.3 is 0 Å². The number of terminal acetylenes is 1. The van der Waals surface area contributed by atoms with Gasteiger partial charge in [0.2, 0.25) is 5.91 Å². The van der Waals surface area contributed by atoms with Gasteiger partial charge in [-0.15, -0.1) is 6.42 Å². The average molecular weight is 83.1 g/mol. The average Bonchev–Trinajstić information content (AvgIpc) is 1.35. The van der Waals surface area contributed by atoms with Crippen LogP contribution in [0.1, 0.15) is 6.42 Å². The second kappa shape index (κ2) is 2.28. The number of hydrogen-bond acceptors (Lipinski definition) is 1. The number of carbonyl (C=O) groups is 1. The fourth-order valence-electron chi connectivity index (χ4n) is 0.101. The number of primary amides is 1. The van der Waals surface area contributed by atoms with Crippen molar-refractivity contribution in [2.24, 2.45) is 5.73 Å². The quantitative estimate of drug-likeness (QED) is 0.426. The van der Waals surface area contributed by atoms with Crippen LogP contribution in [0.3, 0.4) is 0 Å². The smallest absolute Gasteiger partial charge is 0.229 e. The highest BCUT2D eigenvalue weighted by Crippen LogP contribution is 1.64. The summed E-state index contributed by atoms with van der Waals surface area (Å²) in [5.74, 6) is 1.65. The molecule has 0 bridgehead atoms. The first-order chi connectivity index (χ1) is 2.77. The predicted octanol–water partition coefficient (Wildman–Crippen LogP) is -0.505. The van der Waals surface area contributed by atoms with E-state index in [9.17, 15) is 4.79 Å². The number of nitrogens with two attached hydrogens (primary N) is 1. The molecule has 6 heavy (non-hydrogen) atoms. The fourth-order valence-corrected chi connectivity index (χ4v) is 0.101. The van der Waals surface area contributed by atoms with Gasteiger partial charge in [0, 0.05) is 0 Å². The standard InChI is InChI=1S/C4H5NO/c1-2-3-4(5)6/h1H,3H2,(H2,5,6). The third-order valence-electron chi connectivity index (χ3n) is 0.276. The molecule has 0 spiro atoms. The largest absolute Gasteiger partial charge is 0.369 e. The van der Waals surface area contributed by atoms with Crippen LogP contribution in [-0.2, 0) is 4.79 Å². The molecule has 0 rings (SSSR count). The van der Waals surface area contributed by atoms with Crippen molar-refractivity contribution in [3.63, 3.8) is 0 Å². The summed E-state index contributed by atoms with van der Waals surface area (Å²) in [5, 5.41) is 0. The maximum atomic E-state index is 9.68. The molecular formula is C4H5NO. The summed E-state index contributed by atoms with van der Waals surface area (Å²) < 4.78 is 0. The summed E-state index contributed by atoms with van der Waals surface area (Å²) in [6.45, 7) is 0. The van der Waals surface area contributed by atoms with Gasteiger partial charge in [0.1, 0.15) is 0 Å². The Hall–Kier alpha value is -0.970. The molecule has 0 atom stereocenters. The van der Waals surface area contributed by atoms with E-state index in [0.29, 0.717) is 0 Å². The maximum Gasteiger partial charge on any atom is 0.229 e. The molecule has 0 fully saturated rings. The summed E-state index contributed by atoms with van der Waals surface area (Å²) in [6.07, 6.45) is 4.72. The van der Waals surface area contributed by atoms with Gasteiger partial charge in [-0.2, -0.15) is 0 Å². The molecule has 2 N–H and O–H groups in total. The lowest BCUT2D eigenvalue weighted by Crippen LogP contribution is -2.07. The fraction of sp³-hybridized carbons (Fsp3) is 0.250. The van der Waals surface area contributed by atoms with Gasteiger partial charge in [-0.25, -0.2) is 0 Å². The molecule has 0 aromatic rings. The van der Waals surface area contributed by atoms with Crippen molar-refractivity contribution >= 4 is 5.91 Å². The second-order valence-electron chi connectivity index (χ2n) is 0.847. The first kappa shape index (κ1) is 5.03. The molecule has 0 radical (unpaired) electrons. The van der Waals surface area contributed by atoms with Crippen molar-refractivity contribution in [3.05, 3.63) is 0 Å². The van der Waals surface area contributed by atoms with Crippen LogP contribution in [-0.4, -0.2) is 5.91 Å². The molecule has 32 valence electrons. The molecule has 1 amide bonds. The van der Waals surface area contributed by atoms with Gasteiger partial charge in [0.15, 0.2) is 0 Å². The van der Waals surface area contributed by atoms with Crippen molar-refractivity contribution in [1.82, 2.24) is 0 Å². The van der Waals surface area contributed by atoms with Crippen molar-refractivity contribution in [2.75, 3.05) is 0 Å². The van der Waals surface area contributed by atoms with Gasteiger partial charge in [-0.05, 0) is 0 Å². The normalized spacial score (nSPS) is 6.50. The van der Waals surface area contributed by atoms with Crippen LogP contribution in [0.4, 0.5) is 0 Å². The van der Waals surface area contributed by atoms with E-state index in [0.717, 1.165) is 0 Å². The molecule has 0 heterocycles. The summed E-state index contributed by atoms with van der Waals surface area (Å²) in [4.78, 5) is 9.68. The van der Waals surface area contributed by atoms with Crippen LogP contribution >= 0.6 is 0 Å². The van der Waals surface area contributed by atoms with Gasteiger partial charge in [-0.1, -0.05) is 5.92 Å². The molecule has 0 aliphatic carbocycles. The number of hydrogen-bond donors (Lipinski definition) is 1. The molecule has 2 nitrogen and oxygen atoms in total. The maximum absolute atomic E-state index is 9.68. The Morgan fingerprint density at radius 3 is 2.50 bits per heavy atom. The van der Waals surface area contributed by atoms with Crippen LogP contribution < -0.4 is 5.73 Å². The van der Waals surface area contributed by atoms with Crippen molar-refractivity contribution in [1.29, 1.82) is 0 Å². The van der Waals surface area contributed by atoms with E-state index in [1.165, 1.54) is 0 Å². The Morgan fingerprint density at radius 2 is 2.50 bits per heavy atom. The molecule has 0 saturated carbocycles. The summed E-state index contributed by atoms with van der Waals surface area (Å²) in [7, 11) is 0. The lowest BCUT2D eigenvalue weighted by molar-refractivity contribution is -0.117. The topological polar surface area (TPSA) is 43.1 Å². The summed E-state index contributed by atoms with van der Waals surface area (Å²) in [6, 6.07) is 0. The zero-order chi connectivity index (χ0) is 4.99. The monoisotopic (exact) mass is 83.0 g/mol. The minimum absolute atomic E-state index is 0.0417.